The largest absolute Gasteiger partial charge is 0.508 e. The molecule has 0 saturated heterocycles. The van der Waals surface area contributed by atoms with Crippen LogP contribution in [-0.4, -0.2) is 81.8 Å². The number of hydrogen-bond donors (Lipinski definition) is 9. The number of nitrogens with zero attached hydrogens (tertiary/aromatic N) is 1. The third-order valence-corrected chi connectivity index (χ3v) is 6.15. The molecule has 1 aromatic carbocycles. The minimum absolute atomic E-state index is 0.0147. The predicted molar refractivity (Wildman–Crippen MR) is 144 cm³/mol. The molecule has 1 aromatic rings. The second-order valence-corrected chi connectivity index (χ2v) is 9.42. The third-order valence-electron chi connectivity index (χ3n) is 6.15. The number of rotatable bonds is 16. The van der Waals surface area contributed by atoms with Gasteiger partial charge in [0.1, 0.15) is 23.9 Å². The van der Waals surface area contributed by atoms with Gasteiger partial charge in [-0.25, -0.2) is 4.79 Å². The van der Waals surface area contributed by atoms with E-state index in [-0.39, 0.29) is 31.1 Å². The summed E-state index contributed by atoms with van der Waals surface area (Å²) < 4.78 is 0. The van der Waals surface area contributed by atoms with Crippen LogP contribution < -0.4 is 33.2 Å². The van der Waals surface area contributed by atoms with Crippen LogP contribution in [0.1, 0.15) is 45.6 Å². The molecule has 6 atom stereocenters. The number of carboxylic acid groups (broad SMARTS) is 1. The summed E-state index contributed by atoms with van der Waals surface area (Å²) in [5, 5.41) is 36.7. The van der Waals surface area contributed by atoms with Crippen molar-refractivity contribution in [1.82, 2.24) is 16.0 Å². The molecule has 0 heterocycles. The smallest absolute Gasteiger partial charge is 0.326 e. The first kappa shape index (κ1) is 33.1. The van der Waals surface area contributed by atoms with Gasteiger partial charge in [-0.1, -0.05) is 32.4 Å². The number of carboxylic acids is 1. The summed E-state index contributed by atoms with van der Waals surface area (Å²) in [7, 11) is 0. The Balaban J connectivity index is 2.93. The first-order valence-electron chi connectivity index (χ1n) is 12.7. The number of carbonyl (C=O) groups excluding carboxylic acids is 3. The molecule has 0 bridgehead atoms. The molecule has 0 spiro atoms. The fourth-order valence-electron chi connectivity index (χ4n) is 3.59. The molecule has 0 aliphatic rings. The zero-order valence-electron chi connectivity index (χ0n) is 22.5. The number of phenols is 1. The van der Waals surface area contributed by atoms with E-state index in [4.69, 9.17) is 17.2 Å². The van der Waals surface area contributed by atoms with Crippen LogP contribution in [-0.2, 0) is 25.6 Å². The summed E-state index contributed by atoms with van der Waals surface area (Å²) in [5.41, 5.74) is 17.0. The highest BCUT2D eigenvalue weighted by Crippen LogP contribution is 2.13. The Kier molecular flexibility index (Phi) is 13.7. The molecule has 0 saturated carbocycles. The highest BCUT2D eigenvalue weighted by atomic mass is 16.4. The van der Waals surface area contributed by atoms with E-state index in [9.17, 15) is 34.5 Å². The number of hydrogen-bond acceptors (Lipinski definition) is 8. The van der Waals surface area contributed by atoms with Crippen LogP contribution in [0.3, 0.4) is 0 Å². The zero-order chi connectivity index (χ0) is 29.7. The van der Waals surface area contributed by atoms with Crippen molar-refractivity contribution in [3.05, 3.63) is 29.8 Å². The second-order valence-electron chi connectivity index (χ2n) is 9.42. The van der Waals surface area contributed by atoms with E-state index in [1.165, 1.54) is 31.2 Å². The molecule has 0 aromatic heterocycles. The number of aliphatic imine (C=N–C) groups is 1. The van der Waals surface area contributed by atoms with E-state index in [0.29, 0.717) is 18.4 Å². The lowest BCUT2D eigenvalue weighted by atomic mass is 9.96. The average molecular weight is 552 g/mol. The summed E-state index contributed by atoms with van der Waals surface area (Å²) >= 11 is 0. The SMILES string of the molecule is CCC(C)C(NC(=O)C(NC(=O)C(N)CCCN=C(N)N)C(C)O)C(=O)NC(Cc1ccc(O)cc1)C(=O)O. The van der Waals surface area contributed by atoms with Crippen molar-refractivity contribution in [2.24, 2.45) is 28.1 Å². The summed E-state index contributed by atoms with van der Waals surface area (Å²) in [6.07, 6.45) is -0.309. The van der Waals surface area contributed by atoms with Gasteiger partial charge in [0.25, 0.3) is 0 Å². The monoisotopic (exact) mass is 551 g/mol. The van der Waals surface area contributed by atoms with Gasteiger partial charge < -0.3 is 48.5 Å². The Labute approximate surface area is 227 Å². The number of phenolic OH excluding ortho intramolecular Hbond substituents is 1. The van der Waals surface area contributed by atoms with Crippen molar-refractivity contribution in [2.75, 3.05) is 6.54 Å². The number of aliphatic hydroxyl groups excluding tert-OH is 1. The lowest BCUT2D eigenvalue weighted by Crippen LogP contribution is -2.61. The van der Waals surface area contributed by atoms with Crippen LogP contribution >= 0.6 is 0 Å². The van der Waals surface area contributed by atoms with E-state index < -0.39 is 59.9 Å². The van der Waals surface area contributed by atoms with E-state index in [0.717, 1.165) is 0 Å². The minimum atomic E-state index is -1.42. The van der Waals surface area contributed by atoms with Crippen LogP contribution in [0.15, 0.2) is 29.3 Å². The number of carbonyl (C=O) groups is 4. The Bertz CT molecular complexity index is 997. The number of guanidine groups is 1. The van der Waals surface area contributed by atoms with Crippen molar-refractivity contribution in [2.45, 2.75) is 76.7 Å². The lowest BCUT2D eigenvalue weighted by Gasteiger charge is -2.29. The molecule has 3 amide bonds. The number of benzene rings is 1. The van der Waals surface area contributed by atoms with Gasteiger partial charge in [0.05, 0.1) is 12.1 Å². The van der Waals surface area contributed by atoms with Gasteiger partial charge in [0, 0.05) is 13.0 Å². The summed E-state index contributed by atoms with van der Waals surface area (Å²) in [4.78, 5) is 54.4. The number of nitrogens with one attached hydrogen (secondary N) is 3. The van der Waals surface area contributed by atoms with Gasteiger partial charge in [0.2, 0.25) is 17.7 Å². The highest BCUT2D eigenvalue weighted by molar-refractivity contribution is 5.94. The summed E-state index contributed by atoms with van der Waals surface area (Å²) in [6.45, 7) is 5.05. The molecule has 0 aliphatic carbocycles. The quantitative estimate of drug-likeness (QED) is 0.0638. The molecule has 14 heteroatoms. The maximum Gasteiger partial charge on any atom is 0.326 e. The van der Waals surface area contributed by atoms with Crippen molar-refractivity contribution in [3.8, 4) is 5.75 Å². The highest BCUT2D eigenvalue weighted by Gasteiger charge is 2.34. The number of aromatic hydroxyl groups is 1. The molecule has 14 nitrogen and oxygen atoms in total. The molecule has 0 aliphatic heterocycles. The predicted octanol–water partition coefficient (Wildman–Crippen LogP) is -1.72. The molecular formula is C25H41N7O7. The van der Waals surface area contributed by atoms with Crippen molar-refractivity contribution in [1.29, 1.82) is 0 Å². The average Bonchev–Trinajstić information content (AvgIpc) is 2.87. The first-order chi connectivity index (χ1) is 18.3. The molecule has 1 rings (SSSR count). The van der Waals surface area contributed by atoms with Gasteiger partial charge >= 0.3 is 5.97 Å². The summed E-state index contributed by atoms with van der Waals surface area (Å²) in [6, 6.07) is 0.980. The van der Waals surface area contributed by atoms with Gasteiger partial charge in [0.15, 0.2) is 5.96 Å². The summed E-state index contributed by atoms with van der Waals surface area (Å²) in [5.74, 6) is -4.04. The van der Waals surface area contributed by atoms with Crippen molar-refractivity contribution >= 4 is 29.7 Å². The Hall–Kier alpha value is -3.91. The molecular weight excluding hydrogens is 510 g/mol. The topological polar surface area (TPSA) is 255 Å². The Morgan fingerprint density at radius 3 is 2.03 bits per heavy atom. The van der Waals surface area contributed by atoms with Gasteiger partial charge in [-0.3, -0.25) is 19.4 Å². The van der Waals surface area contributed by atoms with Gasteiger partial charge in [-0.05, 0) is 43.4 Å². The van der Waals surface area contributed by atoms with Crippen LogP contribution in [0, 0.1) is 5.92 Å². The number of nitrogens with two attached hydrogens (primary N) is 3. The van der Waals surface area contributed by atoms with E-state index in [1.54, 1.807) is 13.8 Å². The van der Waals surface area contributed by atoms with E-state index >= 15 is 0 Å². The van der Waals surface area contributed by atoms with Crippen LogP contribution in [0.25, 0.3) is 0 Å². The fourth-order valence-corrected chi connectivity index (χ4v) is 3.59. The maximum atomic E-state index is 13.1. The third kappa shape index (κ3) is 11.6. The van der Waals surface area contributed by atoms with E-state index in [1.807, 2.05) is 0 Å². The van der Waals surface area contributed by atoms with Crippen molar-refractivity contribution < 1.29 is 34.5 Å². The number of aliphatic hydroxyl groups is 1. The van der Waals surface area contributed by atoms with Crippen LogP contribution in [0.4, 0.5) is 0 Å². The number of aliphatic carboxylic acids is 1. The molecule has 39 heavy (non-hydrogen) atoms. The zero-order valence-corrected chi connectivity index (χ0v) is 22.5. The fraction of sp³-hybridized carbons (Fsp3) is 0.560. The molecule has 0 radical (unpaired) electrons. The molecule has 0 fully saturated rings. The van der Waals surface area contributed by atoms with Gasteiger partial charge in [-0.15, -0.1) is 0 Å². The van der Waals surface area contributed by atoms with Gasteiger partial charge in [-0.2, -0.15) is 0 Å². The molecule has 12 N–H and O–H groups in total. The standard InChI is InChI=1S/C25H41N7O7/c1-4-13(2)19(22(36)30-18(24(38)39)12-15-7-9-16(34)10-8-15)31-23(37)20(14(3)33)32-21(35)17(26)6-5-11-29-25(27)28/h7-10,13-14,17-20,33-34H,4-6,11-12,26H2,1-3H3,(H,30,36)(H,31,37)(H,32,35)(H,38,39)(H4,27,28,29). The van der Waals surface area contributed by atoms with E-state index in [2.05, 4.69) is 20.9 Å². The normalized spacial score (nSPS) is 15.5. The van der Waals surface area contributed by atoms with Crippen LogP contribution in [0.2, 0.25) is 0 Å². The molecule has 218 valence electrons. The molecule has 6 unspecified atom stereocenters. The Morgan fingerprint density at radius 1 is 0.949 bits per heavy atom. The number of amides is 3. The van der Waals surface area contributed by atoms with Crippen molar-refractivity contribution in [3.63, 3.8) is 0 Å². The Morgan fingerprint density at radius 2 is 1.51 bits per heavy atom. The van der Waals surface area contributed by atoms with Crippen LogP contribution in [0.5, 0.6) is 5.75 Å². The second kappa shape index (κ2) is 16.1. The lowest BCUT2D eigenvalue weighted by molar-refractivity contribution is -0.142. The minimum Gasteiger partial charge on any atom is -0.508 e. The maximum absolute atomic E-state index is 13.1. The first-order valence-corrected chi connectivity index (χ1v) is 12.7.